The Morgan fingerprint density at radius 3 is 2.44 bits per heavy atom. The number of benzene rings is 1. The SMILES string of the molecule is CC(C)n1cc(-c2ccc(-c3c4c(nn3C)CCCC4=O)cc2)cn1. The Morgan fingerprint density at radius 2 is 1.76 bits per heavy atom. The number of ketones is 1. The van der Waals surface area contributed by atoms with Crippen LogP contribution in [0.5, 0.6) is 0 Å². The molecule has 0 amide bonds. The van der Waals surface area contributed by atoms with E-state index < -0.39 is 0 Å². The van der Waals surface area contributed by atoms with Crippen molar-refractivity contribution in [3.8, 4) is 22.4 Å². The zero-order valence-corrected chi connectivity index (χ0v) is 14.9. The van der Waals surface area contributed by atoms with Crippen molar-refractivity contribution in [2.45, 2.75) is 39.2 Å². The maximum atomic E-state index is 12.4. The van der Waals surface area contributed by atoms with Crippen molar-refractivity contribution in [3.63, 3.8) is 0 Å². The number of nitrogens with zero attached hydrogens (tertiary/aromatic N) is 4. The largest absolute Gasteiger partial charge is 0.294 e. The molecule has 5 nitrogen and oxygen atoms in total. The third-order valence-corrected chi connectivity index (χ3v) is 4.84. The molecular weight excluding hydrogens is 312 g/mol. The van der Waals surface area contributed by atoms with Crippen LogP contribution in [0.2, 0.25) is 0 Å². The Labute approximate surface area is 147 Å². The number of hydrogen-bond acceptors (Lipinski definition) is 3. The molecule has 0 bridgehead atoms. The van der Waals surface area contributed by atoms with Crippen LogP contribution in [-0.2, 0) is 13.5 Å². The number of aromatic nitrogens is 4. The van der Waals surface area contributed by atoms with E-state index in [0.29, 0.717) is 12.5 Å². The van der Waals surface area contributed by atoms with Crippen molar-refractivity contribution in [1.29, 1.82) is 0 Å². The van der Waals surface area contributed by atoms with Gasteiger partial charge >= 0.3 is 0 Å². The Hall–Kier alpha value is -2.69. The molecule has 2 heterocycles. The van der Waals surface area contributed by atoms with Gasteiger partial charge in [0, 0.05) is 36.8 Å². The predicted octanol–water partition coefficient (Wildman–Crippen LogP) is 4.05. The Morgan fingerprint density at radius 1 is 1.04 bits per heavy atom. The second kappa shape index (κ2) is 5.99. The fraction of sp³-hybridized carbons (Fsp3) is 0.350. The zero-order valence-electron chi connectivity index (χ0n) is 14.9. The number of rotatable bonds is 3. The minimum Gasteiger partial charge on any atom is -0.294 e. The van der Waals surface area contributed by atoms with Gasteiger partial charge in [-0.15, -0.1) is 0 Å². The van der Waals surface area contributed by atoms with Gasteiger partial charge < -0.3 is 0 Å². The first-order chi connectivity index (χ1) is 12.0. The van der Waals surface area contributed by atoms with E-state index in [1.807, 2.05) is 22.6 Å². The van der Waals surface area contributed by atoms with E-state index in [1.54, 1.807) is 0 Å². The van der Waals surface area contributed by atoms with Crippen molar-refractivity contribution in [1.82, 2.24) is 19.6 Å². The van der Waals surface area contributed by atoms with Gasteiger partial charge in [0.25, 0.3) is 0 Å². The third-order valence-electron chi connectivity index (χ3n) is 4.84. The van der Waals surface area contributed by atoms with Gasteiger partial charge in [0.1, 0.15) is 0 Å². The summed E-state index contributed by atoms with van der Waals surface area (Å²) in [5, 5.41) is 8.97. The lowest BCUT2D eigenvalue weighted by Crippen LogP contribution is -2.10. The van der Waals surface area contributed by atoms with Crippen LogP contribution in [0.15, 0.2) is 36.7 Å². The molecule has 0 radical (unpaired) electrons. The van der Waals surface area contributed by atoms with Gasteiger partial charge in [-0.1, -0.05) is 24.3 Å². The van der Waals surface area contributed by atoms with Gasteiger partial charge in [0.15, 0.2) is 5.78 Å². The number of Topliss-reactive ketones (excluding diaryl/α,β-unsaturated/α-hetero) is 1. The van der Waals surface area contributed by atoms with Gasteiger partial charge in [0.2, 0.25) is 0 Å². The number of aryl methyl sites for hydroxylation is 2. The molecule has 1 aliphatic rings. The van der Waals surface area contributed by atoms with E-state index in [-0.39, 0.29) is 5.78 Å². The maximum absolute atomic E-state index is 12.4. The highest BCUT2D eigenvalue weighted by Gasteiger charge is 2.26. The fourth-order valence-corrected chi connectivity index (χ4v) is 3.51. The van der Waals surface area contributed by atoms with E-state index >= 15 is 0 Å². The second-order valence-corrected chi connectivity index (χ2v) is 6.95. The van der Waals surface area contributed by atoms with Crippen LogP contribution < -0.4 is 0 Å². The molecule has 5 heteroatoms. The molecule has 25 heavy (non-hydrogen) atoms. The average Bonchev–Trinajstić information content (AvgIpc) is 3.20. The van der Waals surface area contributed by atoms with Gasteiger partial charge in [0.05, 0.1) is 23.1 Å². The van der Waals surface area contributed by atoms with Crippen LogP contribution in [-0.4, -0.2) is 25.3 Å². The van der Waals surface area contributed by atoms with Crippen LogP contribution in [0.3, 0.4) is 0 Å². The van der Waals surface area contributed by atoms with Crippen molar-refractivity contribution in [2.75, 3.05) is 0 Å². The Kier molecular flexibility index (Phi) is 3.79. The second-order valence-electron chi connectivity index (χ2n) is 6.95. The molecule has 2 aromatic heterocycles. The van der Waals surface area contributed by atoms with Gasteiger partial charge in [-0.3, -0.25) is 14.2 Å². The molecule has 3 aromatic rings. The first-order valence-electron chi connectivity index (χ1n) is 8.78. The van der Waals surface area contributed by atoms with Crippen molar-refractivity contribution >= 4 is 5.78 Å². The number of hydrogen-bond donors (Lipinski definition) is 0. The van der Waals surface area contributed by atoms with Crippen LogP contribution >= 0.6 is 0 Å². The highest BCUT2D eigenvalue weighted by Crippen LogP contribution is 2.32. The van der Waals surface area contributed by atoms with Crippen LogP contribution in [0, 0.1) is 0 Å². The number of carbonyl (C=O) groups excluding carboxylic acids is 1. The molecule has 0 N–H and O–H groups in total. The monoisotopic (exact) mass is 334 g/mol. The maximum Gasteiger partial charge on any atom is 0.166 e. The fourth-order valence-electron chi connectivity index (χ4n) is 3.51. The summed E-state index contributed by atoms with van der Waals surface area (Å²) >= 11 is 0. The molecular formula is C20H22N4O. The average molecular weight is 334 g/mol. The highest BCUT2D eigenvalue weighted by molar-refractivity contribution is 6.03. The summed E-state index contributed by atoms with van der Waals surface area (Å²) in [7, 11) is 1.92. The molecule has 1 aromatic carbocycles. The van der Waals surface area contributed by atoms with E-state index in [4.69, 9.17) is 0 Å². The third kappa shape index (κ3) is 2.69. The first-order valence-corrected chi connectivity index (χ1v) is 8.78. The molecule has 0 aliphatic heterocycles. The normalized spacial score (nSPS) is 14.2. The van der Waals surface area contributed by atoms with Gasteiger partial charge in [-0.05, 0) is 32.3 Å². The topological polar surface area (TPSA) is 52.7 Å². The summed E-state index contributed by atoms with van der Waals surface area (Å²) in [5.41, 5.74) is 5.95. The Bertz CT molecular complexity index is 931. The van der Waals surface area contributed by atoms with Crippen molar-refractivity contribution < 1.29 is 4.79 Å². The summed E-state index contributed by atoms with van der Waals surface area (Å²) in [6.45, 7) is 4.23. The Balaban J connectivity index is 1.71. The number of fused-ring (bicyclic) bond motifs is 1. The summed E-state index contributed by atoms with van der Waals surface area (Å²) in [5.74, 6) is 0.214. The lowest BCUT2D eigenvalue weighted by Gasteiger charge is -2.11. The predicted molar refractivity (Wildman–Crippen MR) is 97.5 cm³/mol. The summed E-state index contributed by atoms with van der Waals surface area (Å²) in [6, 6.07) is 8.66. The molecule has 0 spiro atoms. The summed E-state index contributed by atoms with van der Waals surface area (Å²) in [4.78, 5) is 12.4. The molecule has 0 saturated heterocycles. The van der Waals surface area contributed by atoms with Crippen LogP contribution in [0.4, 0.5) is 0 Å². The highest BCUT2D eigenvalue weighted by atomic mass is 16.1. The molecule has 0 fully saturated rings. The zero-order chi connectivity index (χ0) is 17.6. The molecule has 1 aliphatic carbocycles. The van der Waals surface area contributed by atoms with E-state index in [0.717, 1.165) is 46.5 Å². The minimum absolute atomic E-state index is 0.214. The first kappa shape index (κ1) is 15.8. The lowest BCUT2D eigenvalue weighted by molar-refractivity contribution is 0.0973. The molecule has 0 unspecified atom stereocenters. The minimum atomic E-state index is 0.214. The smallest absolute Gasteiger partial charge is 0.166 e. The van der Waals surface area contributed by atoms with Gasteiger partial charge in [-0.2, -0.15) is 10.2 Å². The summed E-state index contributed by atoms with van der Waals surface area (Å²) in [6.07, 6.45) is 6.38. The van der Waals surface area contributed by atoms with Crippen molar-refractivity contribution in [2.24, 2.45) is 7.05 Å². The molecule has 128 valence electrons. The van der Waals surface area contributed by atoms with E-state index in [1.165, 1.54) is 0 Å². The lowest BCUT2D eigenvalue weighted by atomic mass is 9.92. The van der Waals surface area contributed by atoms with Gasteiger partial charge in [-0.25, -0.2) is 0 Å². The van der Waals surface area contributed by atoms with Crippen LogP contribution in [0.25, 0.3) is 22.4 Å². The molecule has 0 saturated carbocycles. The number of carbonyl (C=O) groups is 1. The quantitative estimate of drug-likeness (QED) is 0.726. The molecule has 0 atom stereocenters. The molecule has 4 rings (SSSR count). The van der Waals surface area contributed by atoms with E-state index in [9.17, 15) is 4.79 Å². The van der Waals surface area contributed by atoms with E-state index in [2.05, 4.69) is 54.5 Å². The standard InChI is InChI=1S/C20H22N4O/c1-13(2)24-12-16(11-21-24)14-7-9-15(10-8-14)20-19-17(22-23(20)3)5-4-6-18(19)25/h7-13H,4-6H2,1-3H3. The van der Waals surface area contributed by atoms with Crippen LogP contribution in [0.1, 0.15) is 48.8 Å². The summed E-state index contributed by atoms with van der Waals surface area (Å²) < 4.78 is 3.80. The van der Waals surface area contributed by atoms with Crippen molar-refractivity contribution in [3.05, 3.63) is 47.9 Å².